The topological polar surface area (TPSA) is 44.9 Å². The number of benzene rings is 1. The van der Waals surface area contributed by atoms with Gasteiger partial charge in [0, 0.05) is 23.6 Å². The molecule has 1 aromatic heterocycles. The lowest BCUT2D eigenvalue weighted by Crippen LogP contribution is -2.23. The summed E-state index contributed by atoms with van der Waals surface area (Å²) in [5, 5.41) is 4.25. The first kappa shape index (κ1) is 29.2. The van der Waals surface area contributed by atoms with E-state index in [-0.39, 0.29) is 5.91 Å². The van der Waals surface area contributed by atoms with Crippen molar-refractivity contribution < 1.29 is 4.79 Å². The molecule has 0 unspecified atom stereocenters. The minimum absolute atomic E-state index is 0.0248. The van der Waals surface area contributed by atoms with Gasteiger partial charge < -0.3 is 10.3 Å². The van der Waals surface area contributed by atoms with E-state index in [0.29, 0.717) is 6.54 Å². The average molecular weight is 481 g/mol. The number of amides is 1. The molecule has 1 heterocycles. The number of hydrogen-bond donors (Lipinski definition) is 2. The fourth-order valence-electron chi connectivity index (χ4n) is 4.90. The summed E-state index contributed by atoms with van der Waals surface area (Å²) < 4.78 is 0. The van der Waals surface area contributed by atoms with Crippen molar-refractivity contribution in [1.82, 2.24) is 10.3 Å². The quantitative estimate of drug-likeness (QED) is 0.128. The normalized spacial score (nSPS) is 11.6. The molecule has 35 heavy (non-hydrogen) atoms. The summed E-state index contributed by atoms with van der Waals surface area (Å²) >= 11 is 0. The molecule has 3 nitrogen and oxygen atoms in total. The van der Waals surface area contributed by atoms with E-state index in [9.17, 15) is 4.79 Å². The van der Waals surface area contributed by atoms with E-state index in [0.717, 1.165) is 18.4 Å². The highest BCUT2D eigenvalue weighted by molar-refractivity contribution is 5.87. The summed E-state index contributed by atoms with van der Waals surface area (Å²) in [5.74, 6) is 0.0248. The fraction of sp³-hybridized carbons (Fsp3) is 0.656. The average Bonchev–Trinajstić information content (AvgIpc) is 3.28. The molecule has 0 atom stereocenters. The molecule has 0 aliphatic rings. The van der Waals surface area contributed by atoms with Crippen molar-refractivity contribution in [1.29, 1.82) is 0 Å². The third kappa shape index (κ3) is 14.2. The Kier molecular flexibility index (Phi) is 16.8. The first-order chi connectivity index (χ1) is 17.3. The number of aromatic nitrogens is 1. The molecule has 0 radical (unpaired) electrons. The van der Waals surface area contributed by atoms with Gasteiger partial charge in [-0.2, -0.15) is 0 Å². The standard InChI is InChI=1S/C32H52N2O/c1-2-3-4-5-6-7-8-9-10-11-12-13-14-15-16-17-18-19-20-25-32(35)33-27-26-29-28-34-31-24-22-21-23-30(29)31/h20-25,28,34H,2-19,26-27H2,1H3,(H,33,35). The number of para-hydroxylation sites is 1. The van der Waals surface area contributed by atoms with Crippen LogP contribution in [-0.4, -0.2) is 17.4 Å². The van der Waals surface area contributed by atoms with Gasteiger partial charge in [-0.05, 0) is 37.0 Å². The number of carbonyl (C=O) groups is 1. The molecule has 0 spiro atoms. The molecule has 3 heteroatoms. The van der Waals surface area contributed by atoms with Crippen molar-refractivity contribution in [3.05, 3.63) is 48.2 Å². The second-order valence-corrected chi connectivity index (χ2v) is 10.2. The van der Waals surface area contributed by atoms with E-state index >= 15 is 0 Å². The van der Waals surface area contributed by atoms with Gasteiger partial charge in [-0.25, -0.2) is 0 Å². The predicted molar refractivity (Wildman–Crippen MR) is 153 cm³/mol. The maximum atomic E-state index is 12.0. The molecule has 2 aromatic rings. The van der Waals surface area contributed by atoms with Gasteiger partial charge in [0.2, 0.25) is 5.91 Å². The number of aromatic amines is 1. The third-order valence-corrected chi connectivity index (χ3v) is 7.11. The van der Waals surface area contributed by atoms with Crippen molar-refractivity contribution in [3.8, 4) is 0 Å². The Morgan fingerprint density at radius 1 is 0.771 bits per heavy atom. The highest BCUT2D eigenvalue weighted by Gasteiger charge is 2.03. The SMILES string of the molecule is CCCCCCCCCCCCCCCCCCCC=CC(=O)NCCc1c[nH]c2ccccc12. The van der Waals surface area contributed by atoms with Crippen molar-refractivity contribution >= 4 is 16.8 Å². The molecule has 2 rings (SSSR count). The van der Waals surface area contributed by atoms with Crippen LogP contribution in [0.1, 0.15) is 128 Å². The Morgan fingerprint density at radius 3 is 1.91 bits per heavy atom. The Hall–Kier alpha value is -2.03. The molecular formula is C32H52N2O. The summed E-state index contributed by atoms with van der Waals surface area (Å²) in [6, 6.07) is 8.30. The molecule has 1 aromatic carbocycles. The van der Waals surface area contributed by atoms with Gasteiger partial charge in [-0.3, -0.25) is 4.79 Å². The van der Waals surface area contributed by atoms with Crippen LogP contribution in [0.3, 0.4) is 0 Å². The summed E-state index contributed by atoms with van der Waals surface area (Å²) in [5.41, 5.74) is 2.41. The van der Waals surface area contributed by atoms with Crippen LogP contribution in [0.15, 0.2) is 42.6 Å². The third-order valence-electron chi connectivity index (χ3n) is 7.11. The summed E-state index contributed by atoms with van der Waals surface area (Å²) in [7, 11) is 0. The van der Waals surface area contributed by atoms with Crippen LogP contribution in [0, 0.1) is 0 Å². The van der Waals surface area contributed by atoms with Crippen LogP contribution >= 0.6 is 0 Å². The number of hydrogen-bond acceptors (Lipinski definition) is 1. The number of nitrogens with one attached hydrogen (secondary N) is 2. The number of unbranched alkanes of at least 4 members (excludes halogenated alkanes) is 17. The van der Waals surface area contributed by atoms with Crippen LogP contribution in [-0.2, 0) is 11.2 Å². The summed E-state index contributed by atoms with van der Waals surface area (Å²) in [6.07, 6.45) is 31.4. The number of H-pyrrole nitrogens is 1. The van der Waals surface area contributed by atoms with E-state index in [4.69, 9.17) is 0 Å². The van der Waals surface area contributed by atoms with Gasteiger partial charge in [-0.1, -0.05) is 134 Å². The van der Waals surface area contributed by atoms with Crippen molar-refractivity contribution in [2.45, 2.75) is 129 Å². The van der Waals surface area contributed by atoms with Crippen LogP contribution < -0.4 is 5.32 Å². The Bertz CT molecular complexity index is 807. The van der Waals surface area contributed by atoms with Crippen LogP contribution in [0.25, 0.3) is 10.9 Å². The van der Waals surface area contributed by atoms with Gasteiger partial charge in [0.1, 0.15) is 0 Å². The maximum absolute atomic E-state index is 12.0. The zero-order chi connectivity index (χ0) is 24.8. The summed E-state index contributed by atoms with van der Waals surface area (Å²) in [4.78, 5) is 15.3. The summed E-state index contributed by atoms with van der Waals surface area (Å²) in [6.45, 7) is 2.96. The molecule has 0 fully saturated rings. The van der Waals surface area contributed by atoms with Gasteiger partial charge >= 0.3 is 0 Å². The van der Waals surface area contributed by atoms with Gasteiger partial charge in [-0.15, -0.1) is 0 Å². The van der Waals surface area contributed by atoms with Crippen molar-refractivity contribution in [3.63, 3.8) is 0 Å². The minimum atomic E-state index is 0.0248. The van der Waals surface area contributed by atoms with E-state index in [1.165, 1.54) is 120 Å². The molecule has 0 aliphatic carbocycles. The molecule has 0 aliphatic heterocycles. The molecule has 0 bridgehead atoms. The van der Waals surface area contributed by atoms with Gasteiger partial charge in [0.05, 0.1) is 0 Å². The lowest BCUT2D eigenvalue weighted by Gasteiger charge is -2.03. The molecule has 0 saturated heterocycles. The zero-order valence-corrected chi connectivity index (χ0v) is 22.6. The van der Waals surface area contributed by atoms with E-state index < -0.39 is 0 Å². The molecule has 0 saturated carbocycles. The van der Waals surface area contributed by atoms with Crippen LogP contribution in [0.2, 0.25) is 0 Å². The first-order valence-electron chi connectivity index (χ1n) is 14.8. The number of fused-ring (bicyclic) bond motifs is 1. The monoisotopic (exact) mass is 480 g/mol. The number of carbonyl (C=O) groups excluding carboxylic acids is 1. The maximum Gasteiger partial charge on any atom is 0.243 e. The lowest BCUT2D eigenvalue weighted by atomic mass is 10.0. The fourth-order valence-corrected chi connectivity index (χ4v) is 4.90. The predicted octanol–water partition coefficient (Wildman–Crippen LogP) is 9.42. The smallest absolute Gasteiger partial charge is 0.243 e. The van der Waals surface area contributed by atoms with Crippen LogP contribution in [0.5, 0.6) is 0 Å². The van der Waals surface area contributed by atoms with Crippen LogP contribution in [0.4, 0.5) is 0 Å². The largest absolute Gasteiger partial charge is 0.361 e. The zero-order valence-electron chi connectivity index (χ0n) is 22.6. The molecular weight excluding hydrogens is 428 g/mol. The van der Waals surface area contributed by atoms with E-state index in [1.807, 2.05) is 18.3 Å². The molecule has 2 N–H and O–H groups in total. The Morgan fingerprint density at radius 2 is 1.31 bits per heavy atom. The number of allylic oxidation sites excluding steroid dienone is 1. The van der Waals surface area contributed by atoms with E-state index in [2.05, 4.69) is 35.4 Å². The highest BCUT2D eigenvalue weighted by Crippen LogP contribution is 2.18. The Labute approximate surface area is 215 Å². The minimum Gasteiger partial charge on any atom is -0.361 e. The Balaban J connectivity index is 1.31. The highest BCUT2D eigenvalue weighted by atomic mass is 16.1. The molecule has 196 valence electrons. The van der Waals surface area contributed by atoms with E-state index in [1.54, 1.807) is 6.08 Å². The van der Waals surface area contributed by atoms with Crippen molar-refractivity contribution in [2.24, 2.45) is 0 Å². The second-order valence-electron chi connectivity index (χ2n) is 10.2. The van der Waals surface area contributed by atoms with Gasteiger partial charge in [0.25, 0.3) is 0 Å². The van der Waals surface area contributed by atoms with Crippen molar-refractivity contribution in [2.75, 3.05) is 6.54 Å². The first-order valence-corrected chi connectivity index (χ1v) is 14.8. The second kappa shape index (κ2) is 20.2. The van der Waals surface area contributed by atoms with Gasteiger partial charge in [0.15, 0.2) is 0 Å². The lowest BCUT2D eigenvalue weighted by molar-refractivity contribution is -0.116. The molecule has 1 amide bonds. The number of rotatable bonds is 22.